The number of nitrogens with zero attached hydrogens (tertiary/aromatic N) is 1. The summed E-state index contributed by atoms with van der Waals surface area (Å²) < 4.78 is 13.2. The summed E-state index contributed by atoms with van der Waals surface area (Å²) in [4.78, 5) is 14.9. The molecule has 2 aromatic carbocycles. The van der Waals surface area contributed by atoms with Crippen LogP contribution in [-0.4, -0.2) is 25.0 Å². The standard InChI is InChI=1S/C23H29FN2O/c1-2-23(27)26(21-6-4-3-5-7-21)22(19-14-16-25-17-15-19)13-10-18-8-11-20(24)12-9-18/h3-9,11-12,19,22,25H,2,10,13-17H2,1H3. The smallest absolute Gasteiger partial charge is 0.226 e. The fraction of sp³-hybridized carbons (Fsp3) is 0.435. The van der Waals surface area contributed by atoms with Gasteiger partial charge in [0.25, 0.3) is 0 Å². The first-order chi connectivity index (χ1) is 13.2. The molecule has 1 unspecified atom stereocenters. The highest BCUT2D eigenvalue weighted by atomic mass is 19.1. The van der Waals surface area contributed by atoms with Crippen molar-refractivity contribution in [3.8, 4) is 0 Å². The lowest BCUT2D eigenvalue weighted by Gasteiger charge is -2.39. The van der Waals surface area contributed by atoms with Crippen molar-refractivity contribution >= 4 is 11.6 Å². The lowest BCUT2D eigenvalue weighted by atomic mass is 9.85. The lowest BCUT2D eigenvalue weighted by Crippen LogP contribution is -2.48. The van der Waals surface area contributed by atoms with Crippen molar-refractivity contribution in [1.82, 2.24) is 5.32 Å². The highest BCUT2D eigenvalue weighted by Crippen LogP contribution is 2.30. The van der Waals surface area contributed by atoms with E-state index in [1.165, 1.54) is 12.1 Å². The summed E-state index contributed by atoms with van der Waals surface area (Å²) >= 11 is 0. The van der Waals surface area contributed by atoms with Crippen LogP contribution in [0.5, 0.6) is 0 Å². The number of para-hydroxylation sites is 1. The molecule has 3 nitrogen and oxygen atoms in total. The third kappa shape index (κ3) is 5.16. The third-order valence-corrected chi connectivity index (χ3v) is 5.51. The Morgan fingerprint density at radius 2 is 1.78 bits per heavy atom. The Morgan fingerprint density at radius 3 is 2.41 bits per heavy atom. The second-order valence-electron chi connectivity index (χ2n) is 7.27. The van der Waals surface area contributed by atoms with Gasteiger partial charge in [-0.2, -0.15) is 0 Å². The highest BCUT2D eigenvalue weighted by molar-refractivity contribution is 5.93. The Bertz CT molecular complexity index is 711. The van der Waals surface area contributed by atoms with Gasteiger partial charge in [-0.25, -0.2) is 4.39 Å². The number of nitrogens with one attached hydrogen (secondary N) is 1. The van der Waals surface area contributed by atoms with Gasteiger partial charge in [0, 0.05) is 18.2 Å². The summed E-state index contributed by atoms with van der Waals surface area (Å²) in [5.74, 6) is 0.437. The Balaban J connectivity index is 1.86. The van der Waals surface area contributed by atoms with Crippen LogP contribution in [0.4, 0.5) is 10.1 Å². The quantitative estimate of drug-likeness (QED) is 0.776. The zero-order valence-electron chi connectivity index (χ0n) is 16.0. The van der Waals surface area contributed by atoms with E-state index in [9.17, 15) is 9.18 Å². The van der Waals surface area contributed by atoms with Crippen molar-refractivity contribution < 1.29 is 9.18 Å². The molecule has 1 saturated heterocycles. The summed E-state index contributed by atoms with van der Waals surface area (Å²) in [5, 5.41) is 3.43. The molecular formula is C23H29FN2O. The van der Waals surface area contributed by atoms with Crippen LogP contribution in [0, 0.1) is 11.7 Å². The molecule has 2 aromatic rings. The zero-order valence-corrected chi connectivity index (χ0v) is 16.0. The van der Waals surface area contributed by atoms with Crippen LogP contribution in [0.2, 0.25) is 0 Å². The zero-order chi connectivity index (χ0) is 19.1. The van der Waals surface area contributed by atoms with Gasteiger partial charge in [0.2, 0.25) is 5.91 Å². The molecule has 1 amide bonds. The van der Waals surface area contributed by atoms with Crippen LogP contribution in [0.3, 0.4) is 0 Å². The second kappa shape index (κ2) is 9.65. The van der Waals surface area contributed by atoms with Gasteiger partial charge in [0.05, 0.1) is 0 Å². The van der Waals surface area contributed by atoms with E-state index in [0.717, 1.165) is 50.0 Å². The minimum atomic E-state index is -0.208. The first-order valence-corrected chi connectivity index (χ1v) is 10.0. The van der Waals surface area contributed by atoms with Crippen molar-refractivity contribution in [3.63, 3.8) is 0 Å². The van der Waals surface area contributed by atoms with Crippen LogP contribution < -0.4 is 10.2 Å². The number of hydrogen-bond acceptors (Lipinski definition) is 2. The van der Waals surface area contributed by atoms with Crippen molar-refractivity contribution in [2.45, 2.75) is 45.1 Å². The predicted molar refractivity (Wildman–Crippen MR) is 108 cm³/mol. The van der Waals surface area contributed by atoms with Crippen molar-refractivity contribution in [2.24, 2.45) is 5.92 Å². The van der Waals surface area contributed by atoms with E-state index in [1.807, 2.05) is 54.3 Å². The first kappa shape index (κ1) is 19.6. The van der Waals surface area contributed by atoms with Crippen LogP contribution >= 0.6 is 0 Å². The average Bonchev–Trinajstić information content (AvgIpc) is 2.73. The lowest BCUT2D eigenvalue weighted by molar-refractivity contribution is -0.119. The Kier molecular flexibility index (Phi) is 6.99. The van der Waals surface area contributed by atoms with Crippen molar-refractivity contribution in [2.75, 3.05) is 18.0 Å². The molecule has 1 N–H and O–H groups in total. The molecule has 0 aromatic heterocycles. The molecule has 1 aliphatic rings. The summed E-state index contributed by atoms with van der Waals surface area (Å²) in [7, 11) is 0. The van der Waals surface area contributed by atoms with Gasteiger partial charge in [-0.15, -0.1) is 0 Å². The summed E-state index contributed by atoms with van der Waals surface area (Å²) in [6, 6.07) is 16.9. The number of hydrogen-bond donors (Lipinski definition) is 1. The molecule has 0 aliphatic carbocycles. The number of piperidine rings is 1. The molecule has 1 atom stereocenters. The van der Waals surface area contributed by atoms with Gasteiger partial charge in [-0.05, 0) is 74.5 Å². The van der Waals surface area contributed by atoms with Gasteiger partial charge >= 0.3 is 0 Å². The van der Waals surface area contributed by atoms with E-state index in [1.54, 1.807) is 0 Å². The van der Waals surface area contributed by atoms with Gasteiger partial charge in [-0.3, -0.25) is 4.79 Å². The molecule has 4 heteroatoms. The van der Waals surface area contributed by atoms with Crippen molar-refractivity contribution in [1.29, 1.82) is 0 Å². The number of amides is 1. The Labute approximate surface area is 161 Å². The van der Waals surface area contributed by atoms with Crippen LogP contribution in [-0.2, 0) is 11.2 Å². The van der Waals surface area contributed by atoms with Gasteiger partial charge in [0.1, 0.15) is 5.82 Å². The van der Waals surface area contributed by atoms with E-state index >= 15 is 0 Å². The molecule has 0 spiro atoms. The monoisotopic (exact) mass is 368 g/mol. The van der Waals surface area contributed by atoms with Gasteiger partial charge < -0.3 is 10.2 Å². The van der Waals surface area contributed by atoms with Crippen LogP contribution in [0.15, 0.2) is 54.6 Å². The number of benzene rings is 2. The molecule has 0 radical (unpaired) electrons. The SMILES string of the molecule is CCC(=O)N(c1ccccc1)C(CCc1ccc(F)cc1)C1CCNCC1. The highest BCUT2D eigenvalue weighted by Gasteiger charge is 2.31. The molecule has 1 aliphatic heterocycles. The number of anilines is 1. The molecule has 1 heterocycles. The van der Waals surface area contributed by atoms with E-state index < -0.39 is 0 Å². The molecule has 0 saturated carbocycles. The fourth-order valence-corrected chi connectivity index (χ4v) is 4.05. The Morgan fingerprint density at radius 1 is 1.11 bits per heavy atom. The summed E-state index contributed by atoms with van der Waals surface area (Å²) in [6.07, 6.45) is 4.38. The normalized spacial score (nSPS) is 16.1. The molecule has 27 heavy (non-hydrogen) atoms. The maximum atomic E-state index is 13.2. The largest absolute Gasteiger partial charge is 0.317 e. The number of carbonyl (C=O) groups excluding carboxylic acids is 1. The molecular weight excluding hydrogens is 339 g/mol. The number of aryl methyl sites for hydroxylation is 1. The summed E-state index contributed by atoms with van der Waals surface area (Å²) in [5.41, 5.74) is 2.10. The fourth-order valence-electron chi connectivity index (χ4n) is 4.05. The van der Waals surface area contributed by atoms with Crippen LogP contribution in [0.1, 0.15) is 38.2 Å². The van der Waals surface area contributed by atoms with Gasteiger partial charge in [-0.1, -0.05) is 37.3 Å². The van der Waals surface area contributed by atoms with E-state index in [0.29, 0.717) is 12.3 Å². The van der Waals surface area contributed by atoms with Crippen LogP contribution in [0.25, 0.3) is 0 Å². The molecule has 144 valence electrons. The minimum absolute atomic E-state index is 0.159. The van der Waals surface area contributed by atoms with Crippen molar-refractivity contribution in [3.05, 3.63) is 66.0 Å². The minimum Gasteiger partial charge on any atom is -0.317 e. The predicted octanol–water partition coefficient (Wildman–Crippen LogP) is 4.57. The maximum Gasteiger partial charge on any atom is 0.226 e. The topological polar surface area (TPSA) is 32.3 Å². The number of carbonyl (C=O) groups is 1. The van der Waals surface area contributed by atoms with E-state index in [-0.39, 0.29) is 17.8 Å². The average molecular weight is 368 g/mol. The first-order valence-electron chi connectivity index (χ1n) is 10.0. The third-order valence-electron chi connectivity index (χ3n) is 5.51. The molecule has 3 rings (SSSR count). The maximum absolute atomic E-state index is 13.2. The number of rotatable bonds is 7. The molecule has 1 fully saturated rings. The van der Waals surface area contributed by atoms with E-state index in [4.69, 9.17) is 0 Å². The number of halogens is 1. The Hall–Kier alpha value is -2.20. The second-order valence-corrected chi connectivity index (χ2v) is 7.27. The summed E-state index contributed by atoms with van der Waals surface area (Å²) in [6.45, 7) is 3.93. The molecule has 0 bridgehead atoms. The van der Waals surface area contributed by atoms with Gasteiger partial charge in [0.15, 0.2) is 0 Å². The van der Waals surface area contributed by atoms with E-state index in [2.05, 4.69) is 5.32 Å².